The third-order valence-corrected chi connectivity index (χ3v) is 0.827. The molecule has 0 aromatic rings. The first-order valence-corrected chi connectivity index (χ1v) is 2.41. The minimum atomic E-state index is 0. The molecule has 2 nitrogen and oxygen atoms in total. The average Bonchev–Trinajstić information content (AvgIpc) is 2.23. The molecule has 1 saturated heterocycles. The number of hydrogen-bond acceptors (Lipinski definition) is 2. The van der Waals surface area contributed by atoms with Crippen LogP contribution in [0.5, 0.6) is 0 Å². The molecule has 5 radical (unpaired) electrons. The van der Waals surface area contributed by atoms with Gasteiger partial charge in [0.25, 0.3) is 0 Å². The summed E-state index contributed by atoms with van der Waals surface area (Å²) < 4.78 is 4.94. The molecular weight excluding hydrogens is 123 g/mol. The van der Waals surface area contributed by atoms with E-state index in [0.717, 1.165) is 13.2 Å². The van der Waals surface area contributed by atoms with Crippen molar-refractivity contribution in [3.05, 3.63) is 0 Å². The molecule has 0 atom stereocenters. The molecule has 1 fully saturated rings. The van der Waals surface area contributed by atoms with E-state index in [-0.39, 0.29) is 39.4 Å². The first-order chi connectivity index (χ1) is 3.50. The zero-order valence-corrected chi connectivity index (χ0v) is 7.97. The van der Waals surface area contributed by atoms with Crippen molar-refractivity contribution in [1.29, 1.82) is 0 Å². The molecule has 5 heteroatoms. The van der Waals surface area contributed by atoms with E-state index >= 15 is 0 Å². The molecule has 0 aliphatic carbocycles. The van der Waals surface area contributed by atoms with Crippen molar-refractivity contribution >= 4 is 16.4 Å². The summed E-state index contributed by atoms with van der Waals surface area (Å²) in [4.78, 5) is 0. The maximum Gasteiger partial charge on any atom is 1.00 e. The Bertz CT molecular complexity index is 34.8. The molecule has 0 saturated carbocycles. The van der Waals surface area contributed by atoms with Gasteiger partial charge < -0.3 is 11.8 Å². The van der Waals surface area contributed by atoms with Crippen molar-refractivity contribution in [3.63, 3.8) is 0 Å². The zero-order chi connectivity index (χ0) is 5.54. The average molecular weight is 134 g/mol. The van der Waals surface area contributed by atoms with Crippen LogP contribution < -0.4 is 35.2 Å². The van der Waals surface area contributed by atoms with Crippen LogP contribution in [0.3, 0.4) is 0 Å². The number of rotatable bonds is 0. The van der Waals surface area contributed by atoms with E-state index in [4.69, 9.17) is 4.74 Å². The summed E-state index contributed by atoms with van der Waals surface area (Å²) in [6.45, 7) is 2.00. The van der Waals surface area contributed by atoms with Crippen LogP contribution in [0.15, 0.2) is 0 Å². The fraction of sp³-hybridized carbons (Fsp3) is 1.00. The second-order valence-corrected chi connectivity index (χ2v) is 1.32. The normalized spacial score (nSPS) is 13.9. The van der Waals surface area contributed by atoms with Gasteiger partial charge in [-0.15, -0.1) is 0 Å². The van der Waals surface area contributed by atoms with Gasteiger partial charge >= 0.3 is 29.6 Å². The molecule has 1 heterocycles. The molecule has 0 aromatic carbocycles. The minimum absolute atomic E-state index is 0. The Morgan fingerprint density at radius 2 is 1.56 bits per heavy atom. The second kappa shape index (κ2) is 16.0. The predicted molar refractivity (Wildman–Crippen MR) is 36.9 cm³/mol. The summed E-state index contributed by atoms with van der Waals surface area (Å²) in [6, 6.07) is 0. The maximum absolute atomic E-state index is 4.94. The van der Waals surface area contributed by atoms with E-state index in [0.29, 0.717) is 0 Å². The van der Waals surface area contributed by atoms with Crippen LogP contribution in [0.4, 0.5) is 0 Å². The topological polar surface area (TPSA) is 35.2 Å². The quantitative estimate of drug-likeness (QED) is 0.349. The molecule has 2 N–H and O–H groups in total. The van der Waals surface area contributed by atoms with E-state index in [1.165, 1.54) is 12.8 Å². The van der Waals surface area contributed by atoms with Gasteiger partial charge in [-0.3, -0.25) is 0 Å². The Kier molecular flexibility index (Phi) is 29.5. The molecule has 1 aliphatic rings. The van der Waals surface area contributed by atoms with Crippen molar-refractivity contribution in [2.45, 2.75) is 12.8 Å². The maximum atomic E-state index is 4.94. The summed E-state index contributed by atoms with van der Waals surface area (Å²) in [5.74, 6) is 0. The van der Waals surface area contributed by atoms with Gasteiger partial charge in [0.2, 0.25) is 0 Å². The minimum Gasteiger partial charge on any atom is -1.00 e. The number of nitrogens with two attached hydrogens (primary N) is 1. The Morgan fingerprint density at radius 1 is 1.22 bits per heavy atom. The molecular formula is C4H11B2NNaO. The first-order valence-electron chi connectivity index (χ1n) is 2.41. The van der Waals surface area contributed by atoms with Crippen LogP contribution in [0.1, 0.15) is 14.3 Å². The molecule has 0 unspecified atom stereocenters. The smallest absolute Gasteiger partial charge is 1.00 e. The summed E-state index contributed by atoms with van der Waals surface area (Å²) in [7, 11) is 4.00. The van der Waals surface area contributed by atoms with Gasteiger partial charge in [0.15, 0.2) is 7.98 Å². The van der Waals surface area contributed by atoms with Gasteiger partial charge in [-0.1, -0.05) is 0 Å². The molecule has 45 valence electrons. The van der Waals surface area contributed by atoms with E-state index in [1.807, 2.05) is 0 Å². The SMILES string of the molecule is C1CCOC1.[B].[B]N.[H-].[Na+]. The van der Waals surface area contributed by atoms with E-state index in [2.05, 4.69) is 13.6 Å². The van der Waals surface area contributed by atoms with Gasteiger partial charge in [0.05, 0.1) is 0 Å². The molecule has 0 amide bonds. The van der Waals surface area contributed by atoms with Crippen molar-refractivity contribution in [2.75, 3.05) is 13.2 Å². The third kappa shape index (κ3) is 12.3. The Labute approximate surface area is 83.7 Å². The fourth-order valence-electron chi connectivity index (χ4n) is 0.510. The van der Waals surface area contributed by atoms with Crippen LogP contribution in [0, 0.1) is 0 Å². The van der Waals surface area contributed by atoms with Crippen LogP contribution in [-0.4, -0.2) is 29.6 Å². The molecule has 0 spiro atoms. The van der Waals surface area contributed by atoms with E-state index in [1.54, 1.807) is 0 Å². The summed E-state index contributed by atoms with van der Waals surface area (Å²) in [6.07, 6.45) is 2.56. The molecule has 1 aliphatic heterocycles. The monoisotopic (exact) mass is 134 g/mol. The standard InChI is InChI=1S/C4H8O.BH2N.B.Na.H/c1-2-4-5-3-1;1-2;;;/h1-4H2;2H2;;;/q;;;+1;-1. The predicted octanol–water partition coefficient (Wildman–Crippen LogP) is -3.44. The Hall–Kier alpha value is 1.05. The van der Waals surface area contributed by atoms with Gasteiger partial charge in [0, 0.05) is 21.6 Å². The van der Waals surface area contributed by atoms with Crippen LogP contribution in [-0.2, 0) is 4.74 Å². The molecule has 9 heavy (non-hydrogen) atoms. The summed E-state index contributed by atoms with van der Waals surface area (Å²) in [5, 5.41) is 0. The second-order valence-electron chi connectivity index (χ2n) is 1.32. The van der Waals surface area contributed by atoms with Crippen molar-refractivity contribution in [3.8, 4) is 0 Å². The number of ether oxygens (including phenoxy) is 1. The summed E-state index contributed by atoms with van der Waals surface area (Å²) >= 11 is 0. The van der Waals surface area contributed by atoms with Crippen molar-refractivity contribution in [2.24, 2.45) is 5.64 Å². The van der Waals surface area contributed by atoms with Crippen molar-refractivity contribution in [1.82, 2.24) is 0 Å². The largest absolute Gasteiger partial charge is 1.00 e. The number of hydrogen-bond donors (Lipinski definition) is 1. The van der Waals surface area contributed by atoms with Crippen LogP contribution in [0.2, 0.25) is 0 Å². The van der Waals surface area contributed by atoms with Gasteiger partial charge in [-0.2, -0.15) is 0 Å². The fourth-order valence-corrected chi connectivity index (χ4v) is 0.510. The Balaban J connectivity index is -0.0000000337. The third-order valence-electron chi connectivity index (χ3n) is 0.827. The first kappa shape index (κ1) is 16.6. The van der Waals surface area contributed by atoms with Gasteiger partial charge in [-0.25, -0.2) is 0 Å². The van der Waals surface area contributed by atoms with Crippen LogP contribution in [0.25, 0.3) is 0 Å². The van der Waals surface area contributed by atoms with E-state index < -0.39 is 0 Å². The van der Waals surface area contributed by atoms with Gasteiger partial charge in [0.1, 0.15) is 0 Å². The Morgan fingerprint density at radius 3 is 1.67 bits per heavy atom. The van der Waals surface area contributed by atoms with E-state index in [9.17, 15) is 0 Å². The summed E-state index contributed by atoms with van der Waals surface area (Å²) in [5.41, 5.74) is 4.00. The van der Waals surface area contributed by atoms with Crippen molar-refractivity contribution < 1.29 is 35.7 Å². The zero-order valence-electron chi connectivity index (χ0n) is 6.97. The van der Waals surface area contributed by atoms with Crippen LogP contribution >= 0.6 is 0 Å². The molecule has 1 rings (SSSR count). The van der Waals surface area contributed by atoms with Gasteiger partial charge in [-0.05, 0) is 12.8 Å². The molecule has 0 bridgehead atoms. The molecule has 0 aromatic heterocycles.